The number of piperidine rings is 6. The van der Waals surface area contributed by atoms with Gasteiger partial charge in [-0.3, -0.25) is 84.3 Å². The quantitative estimate of drug-likeness (QED) is 0.0345. The van der Waals surface area contributed by atoms with Crippen molar-refractivity contribution in [3.8, 4) is 5.75 Å². The van der Waals surface area contributed by atoms with Crippen LogP contribution >= 0.6 is 11.6 Å². The number of amides is 11. The molecule has 12 rings (SSSR count). The summed E-state index contributed by atoms with van der Waals surface area (Å²) in [6, 6.07) is 26.6. The summed E-state index contributed by atoms with van der Waals surface area (Å²) < 4.78 is 100. The second-order valence-electron chi connectivity index (χ2n) is 32.3. The van der Waals surface area contributed by atoms with Crippen molar-refractivity contribution in [2.24, 2.45) is 29.6 Å². The molecule has 0 saturated carbocycles. The van der Waals surface area contributed by atoms with Gasteiger partial charge in [0.05, 0.1) is 5.56 Å². The molecule has 6 aromatic rings. The molecule has 117 heavy (non-hydrogen) atoms. The van der Waals surface area contributed by atoms with Crippen LogP contribution in [0.4, 0.5) is 30.7 Å². The van der Waals surface area contributed by atoms with E-state index in [1.165, 1.54) is 35.9 Å². The first-order valence-corrected chi connectivity index (χ1v) is 40.2. The number of pyridine rings is 1. The fourth-order valence-corrected chi connectivity index (χ4v) is 14.6. The number of carbonyl (C=O) groups is 11. The lowest BCUT2D eigenvalue weighted by Crippen LogP contribution is -2.46. The summed E-state index contributed by atoms with van der Waals surface area (Å²) in [6.45, 7) is 26.8. The molecule has 6 atom stereocenters. The van der Waals surface area contributed by atoms with Crippen LogP contribution in [-0.4, -0.2) is 76.1 Å². The van der Waals surface area contributed by atoms with Crippen molar-refractivity contribution in [2.45, 2.75) is 240 Å². The number of rotatable bonds is 18. The summed E-state index contributed by atoms with van der Waals surface area (Å²) in [5.41, 5.74) is 7.90. The van der Waals surface area contributed by atoms with E-state index in [-0.39, 0.29) is 149 Å². The van der Waals surface area contributed by atoms with Crippen molar-refractivity contribution in [3.05, 3.63) is 211 Å². The summed E-state index contributed by atoms with van der Waals surface area (Å²) in [6.07, 6.45) is 4.59. The minimum atomic E-state index is -4.42. The molecular weight excluding hydrogens is 1540 g/mol. The van der Waals surface area contributed by atoms with E-state index in [2.05, 4.69) is 77.2 Å². The highest BCUT2D eigenvalue weighted by Gasteiger charge is 2.37. The smallest absolute Gasteiger partial charge is 0.416 e. The van der Waals surface area contributed by atoms with Crippen LogP contribution in [0.5, 0.6) is 5.75 Å². The molecule has 6 fully saturated rings. The summed E-state index contributed by atoms with van der Waals surface area (Å²) in [5.74, 6) is -4.85. The van der Waals surface area contributed by atoms with Crippen molar-refractivity contribution in [2.75, 3.05) is 0 Å². The third-order valence-electron chi connectivity index (χ3n) is 21.0. The summed E-state index contributed by atoms with van der Waals surface area (Å²) >= 11 is 6.25. The molecule has 0 bridgehead atoms. The zero-order valence-corrected chi connectivity index (χ0v) is 69.1. The van der Waals surface area contributed by atoms with Gasteiger partial charge in [0.25, 0.3) is 5.91 Å². The summed E-state index contributed by atoms with van der Waals surface area (Å²) in [5, 5.41) is 14.9. The minimum Gasteiger partial charge on any atom is -0.480 e. The fraction of sp³-hybridized carbons (Fsp3) is 0.467. The van der Waals surface area contributed by atoms with E-state index in [1.807, 2.05) is 64.2 Å². The average Bonchev–Trinajstić information content (AvgIpc) is 0.805. The Morgan fingerprint density at radius 3 is 1.14 bits per heavy atom. The van der Waals surface area contributed by atoms with E-state index in [9.17, 15) is 83.5 Å². The zero-order valence-electron chi connectivity index (χ0n) is 68.3. The van der Waals surface area contributed by atoms with Gasteiger partial charge in [0, 0.05) is 109 Å². The number of hydrogen-bond acceptors (Lipinski definition) is 13. The van der Waals surface area contributed by atoms with Gasteiger partial charge in [-0.15, -0.1) is 0 Å². The molecule has 0 aliphatic carbocycles. The van der Waals surface area contributed by atoms with Crippen molar-refractivity contribution in [3.63, 3.8) is 0 Å². The van der Waals surface area contributed by atoms with Crippen LogP contribution in [0.2, 0.25) is 5.02 Å². The van der Waals surface area contributed by atoms with Gasteiger partial charge in [0.1, 0.15) is 29.0 Å². The van der Waals surface area contributed by atoms with Crippen molar-refractivity contribution in [1.29, 1.82) is 0 Å². The lowest BCUT2D eigenvalue weighted by Gasteiger charge is -2.23. The minimum absolute atomic E-state index is 0.0351. The van der Waals surface area contributed by atoms with Gasteiger partial charge in [-0.2, -0.15) is 13.2 Å². The Morgan fingerprint density at radius 2 is 0.761 bits per heavy atom. The number of aromatic nitrogens is 1. The number of halogens is 8. The van der Waals surface area contributed by atoms with Crippen molar-refractivity contribution in [1.82, 2.24) is 36.9 Å². The fourth-order valence-electron chi connectivity index (χ4n) is 14.2. The second kappa shape index (κ2) is 43.3. The Balaban J connectivity index is 0.000000194. The first-order valence-electron chi connectivity index (χ1n) is 39.9. The van der Waals surface area contributed by atoms with Gasteiger partial charge in [-0.25, -0.2) is 17.6 Å². The van der Waals surface area contributed by atoms with Gasteiger partial charge >= 0.3 is 6.18 Å². The third kappa shape index (κ3) is 28.5. The molecule has 27 heteroatoms. The highest BCUT2D eigenvalue weighted by Crippen LogP contribution is 2.38. The molecule has 19 nitrogen and oxygen atoms in total. The molecule has 7 heterocycles. The molecule has 630 valence electrons. The highest BCUT2D eigenvalue weighted by atomic mass is 35.5. The Bertz CT molecular complexity index is 4370. The Labute approximate surface area is 684 Å². The Kier molecular flexibility index (Phi) is 34.7. The zero-order chi connectivity index (χ0) is 86.4. The Morgan fingerprint density at radius 1 is 0.393 bits per heavy atom. The number of alkyl halides is 3. The van der Waals surface area contributed by atoms with Gasteiger partial charge in [-0.1, -0.05) is 150 Å². The van der Waals surface area contributed by atoms with Crippen molar-refractivity contribution >= 4 is 76.6 Å². The average molecular weight is 1650 g/mol. The van der Waals surface area contributed by atoms with Gasteiger partial charge in [0.15, 0.2) is 6.10 Å². The number of nitrogens with zero attached hydrogens (tertiary/aromatic N) is 1. The molecule has 11 amide bonds. The lowest BCUT2D eigenvalue weighted by molar-refractivity contribution is -0.140. The van der Waals surface area contributed by atoms with Gasteiger partial charge in [0.2, 0.25) is 59.1 Å². The van der Waals surface area contributed by atoms with E-state index >= 15 is 0 Å². The molecule has 1 aromatic heterocycles. The molecular formula is C90H107ClF7N7O12. The molecule has 6 unspecified atom stereocenters. The van der Waals surface area contributed by atoms with Crippen LogP contribution in [0.15, 0.2) is 116 Å². The maximum absolute atomic E-state index is 13.9. The molecule has 0 spiro atoms. The number of allylic oxidation sites excluding steroid dienone is 1. The predicted octanol–water partition coefficient (Wildman–Crippen LogP) is 16.6. The molecule has 0 radical (unpaired) electrons. The summed E-state index contributed by atoms with van der Waals surface area (Å²) in [7, 11) is 0. The first kappa shape index (κ1) is 93.9. The van der Waals surface area contributed by atoms with Crippen LogP contribution in [0.1, 0.15) is 263 Å². The number of ether oxygens (including phenoxy) is 1. The van der Waals surface area contributed by atoms with Crippen molar-refractivity contribution < 1.29 is 88.2 Å². The van der Waals surface area contributed by atoms with E-state index < -0.39 is 53.1 Å². The third-order valence-corrected chi connectivity index (χ3v) is 21.3. The van der Waals surface area contributed by atoms with Crippen LogP contribution < -0.4 is 36.6 Å². The van der Waals surface area contributed by atoms with Crippen LogP contribution in [-0.2, 0) is 91.0 Å². The standard InChI is InChI=1S/C16H18F3NO2.C15H18ClNO2.C15H17F2NO2.C15H18FNO2.C15H20N2O.C14H16FNO3/c1-9(2)12-5-3-10(8-13(12)16(17,18)19)7-11-4-6-14(21)20-15(11)22;1-9(2)12-5-3-10(8-13(12)16)7-11-4-6-14(18)17-15(11)19;1-8(2)14-11(16)6-9(7-12(14)17)5-10-3-4-13(19)18-15(10)20;1-9(2)12-5-3-10(8-13(12)16)7-11-4-6-14(18)17-15(11)19;1-10(2)13-6-7-14(16-9-13)8-12-5-4-11(3)17-15(12)18;1-8(2)10-4-3-9(7-11(10)15)19-12-5-6-13(17)16-14(12)18/h3,5,8-9,11H,4,6-7H2,1-2H3,(H,20,21,22);3,5,8-9,11H,4,6-7H2,1-2H3,(H,17,18,19);6-8,10H,3-5H2,1-2H3,(H,18,19,20);3,5,8-9,11H,4,6-7H2,1-2H3,(H,17,18,19);6-7,9-10,12H,3-5,8H2,1-2H3,(H,17,18);3-4,7-8,12H,5-6H2,1-2H3,(H,16,17,18). The highest BCUT2D eigenvalue weighted by molar-refractivity contribution is 6.31. The number of carbonyl (C=O) groups excluding carboxylic acids is 11. The van der Waals surface area contributed by atoms with E-state index in [4.69, 9.17) is 16.3 Å². The van der Waals surface area contributed by atoms with Gasteiger partial charge < -0.3 is 10.1 Å². The molecule has 6 saturated heterocycles. The van der Waals surface area contributed by atoms with E-state index in [1.54, 1.807) is 52.0 Å². The summed E-state index contributed by atoms with van der Waals surface area (Å²) in [4.78, 5) is 130. The molecule has 6 aliphatic rings. The van der Waals surface area contributed by atoms with Crippen LogP contribution in [0, 0.1) is 52.9 Å². The number of benzene rings is 5. The van der Waals surface area contributed by atoms with Crippen LogP contribution in [0.25, 0.3) is 0 Å². The maximum atomic E-state index is 13.9. The van der Waals surface area contributed by atoms with E-state index in [0.29, 0.717) is 97.6 Å². The number of nitrogens with one attached hydrogen (secondary N) is 6. The topological polar surface area (TPSA) is 282 Å². The lowest BCUT2D eigenvalue weighted by atomic mass is 9.88. The normalized spacial score (nSPS) is 19.6. The monoisotopic (exact) mass is 1650 g/mol. The van der Waals surface area contributed by atoms with Gasteiger partial charge in [-0.05, 0) is 192 Å². The predicted molar refractivity (Wildman–Crippen MR) is 430 cm³/mol. The SMILES string of the molecule is C=C1CCC(Cc2ccc(C(C)C)cn2)C(=O)N1.CC(C)c1c(F)cc(CC2CCC(=O)NC2=O)cc1F.CC(C)c1ccc(CC2CCC(=O)NC2=O)cc1C(F)(F)F.CC(C)c1ccc(CC2CCC(=O)NC2=O)cc1Cl.CC(C)c1ccc(CC2CCC(=O)NC2=O)cc1F.CC(C)c1ccc(OC2CCC(=O)NC2=O)cc1F. The number of imide groups is 5. The molecule has 6 aliphatic heterocycles. The van der Waals surface area contributed by atoms with Crippen LogP contribution in [0.3, 0.4) is 0 Å². The first-order chi connectivity index (χ1) is 55.0. The number of hydrogen-bond donors (Lipinski definition) is 6. The van der Waals surface area contributed by atoms with E-state index in [0.717, 1.165) is 58.4 Å². The Hall–Kier alpha value is -10.2. The second-order valence-corrected chi connectivity index (χ2v) is 32.7. The largest absolute Gasteiger partial charge is 0.480 e. The maximum Gasteiger partial charge on any atom is 0.416 e. The molecule has 6 N–H and O–H groups in total. The molecule has 5 aromatic carbocycles.